The number of phenolic OH excluding ortho intramolecular Hbond substituents is 1. The number of benzene rings is 2. The minimum absolute atomic E-state index is 0.0702. The minimum atomic E-state index is -0.700. The molecule has 0 spiro atoms. The highest BCUT2D eigenvalue weighted by Gasteiger charge is 2.17. The van der Waals surface area contributed by atoms with Gasteiger partial charge in [0.05, 0.1) is 0 Å². The lowest BCUT2D eigenvalue weighted by atomic mass is 9.98. The molecule has 24 heavy (non-hydrogen) atoms. The van der Waals surface area contributed by atoms with E-state index in [1.807, 2.05) is 32.0 Å². The third-order valence-electron chi connectivity index (χ3n) is 4.06. The number of aromatic hydroxyl groups is 1. The summed E-state index contributed by atoms with van der Waals surface area (Å²) in [6, 6.07) is 10.6. The Morgan fingerprint density at radius 1 is 1.04 bits per heavy atom. The van der Waals surface area contributed by atoms with Crippen molar-refractivity contribution in [3.63, 3.8) is 0 Å². The van der Waals surface area contributed by atoms with Gasteiger partial charge < -0.3 is 9.84 Å². The van der Waals surface area contributed by atoms with Crippen LogP contribution in [0.25, 0.3) is 0 Å². The van der Waals surface area contributed by atoms with Crippen LogP contribution in [0.5, 0.6) is 5.75 Å². The van der Waals surface area contributed by atoms with E-state index in [-0.39, 0.29) is 23.7 Å². The van der Waals surface area contributed by atoms with Crippen LogP contribution in [0.1, 0.15) is 51.3 Å². The van der Waals surface area contributed by atoms with E-state index >= 15 is 0 Å². The van der Waals surface area contributed by atoms with Crippen LogP contribution in [0.2, 0.25) is 0 Å². The second kappa shape index (κ2) is 7.77. The molecule has 1 N–H and O–H groups in total. The van der Waals surface area contributed by atoms with Crippen molar-refractivity contribution in [2.24, 2.45) is 0 Å². The lowest BCUT2D eigenvalue weighted by Gasteiger charge is -2.10. The monoisotopic (exact) mass is 326 g/mol. The second-order valence-corrected chi connectivity index (χ2v) is 5.67. The molecule has 0 atom stereocenters. The highest BCUT2D eigenvalue weighted by molar-refractivity contribution is 6.01. The van der Waals surface area contributed by atoms with Crippen molar-refractivity contribution in [3.8, 4) is 5.75 Å². The van der Waals surface area contributed by atoms with E-state index in [2.05, 4.69) is 0 Å². The first kappa shape index (κ1) is 17.7. The van der Waals surface area contributed by atoms with E-state index in [9.17, 15) is 14.7 Å². The van der Waals surface area contributed by atoms with Crippen LogP contribution in [0.4, 0.5) is 0 Å². The molecule has 126 valence electrons. The molecule has 4 nitrogen and oxygen atoms in total. The van der Waals surface area contributed by atoms with Gasteiger partial charge in [-0.15, -0.1) is 0 Å². The molecule has 0 radical (unpaired) electrons. The number of esters is 1. The number of phenols is 1. The van der Waals surface area contributed by atoms with Crippen molar-refractivity contribution in [2.45, 2.75) is 33.6 Å². The molecule has 0 amide bonds. The van der Waals surface area contributed by atoms with Gasteiger partial charge in [-0.05, 0) is 48.6 Å². The third kappa shape index (κ3) is 3.82. The fraction of sp³-hybridized carbons (Fsp3) is 0.300. The molecule has 0 unspecified atom stereocenters. The van der Waals surface area contributed by atoms with Gasteiger partial charge in [-0.2, -0.15) is 0 Å². The van der Waals surface area contributed by atoms with Crippen LogP contribution < -0.4 is 0 Å². The summed E-state index contributed by atoms with van der Waals surface area (Å²) in [5.74, 6) is -1.05. The van der Waals surface area contributed by atoms with Crippen molar-refractivity contribution in [1.82, 2.24) is 0 Å². The molecule has 0 aliphatic heterocycles. The van der Waals surface area contributed by atoms with Gasteiger partial charge >= 0.3 is 5.97 Å². The fourth-order valence-corrected chi connectivity index (χ4v) is 2.52. The first-order valence-corrected chi connectivity index (χ1v) is 8.08. The lowest BCUT2D eigenvalue weighted by molar-refractivity contribution is 0.0471. The Bertz CT molecular complexity index is 762. The number of carbonyl (C=O) groups is 2. The van der Waals surface area contributed by atoms with E-state index < -0.39 is 5.97 Å². The standard InChI is InChI=1S/C20H22O4/c1-4-14-9-10-15(5-2)17(11-14)18(21)12-24-20(23)16-8-6-7-13(3)19(16)22/h6-11,22H,4-5,12H2,1-3H3. The molecule has 0 aliphatic carbocycles. The predicted molar refractivity (Wildman–Crippen MR) is 92.7 cm³/mol. The summed E-state index contributed by atoms with van der Waals surface area (Å²) in [4.78, 5) is 24.5. The average molecular weight is 326 g/mol. The van der Waals surface area contributed by atoms with Gasteiger partial charge in [-0.25, -0.2) is 4.79 Å². The molecule has 0 bridgehead atoms. The van der Waals surface area contributed by atoms with Crippen LogP contribution in [0.15, 0.2) is 36.4 Å². The highest BCUT2D eigenvalue weighted by Crippen LogP contribution is 2.22. The average Bonchev–Trinajstić information content (AvgIpc) is 2.61. The van der Waals surface area contributed by atoms with E-state index in [1.165, 1.54) is 6.07 Å². The molecule has 0 saturated heterocycles. The number of para-hydroxylation sites is 1. The maximum Gasteiger partial charge on any atom is 0.342 e. The van der Waals surface area contributed by atoms with Gasteiger partial charge in [0, 0.05) is 5.56 Å². The Kier molecular flexibility index (Phi) is 5.74. The first-order chi connectivity index (χ1) is 11.5. The Morgan fingerprint density at radius 3 is 2.46 bits per heavy atom. The van der Waals surface area contributed by atoms with Gasteiger partial charge in [0.25, 0.3) is 0 Å². The van der Waals surface area contributed by atoms with Gasteiger partial charge in [0.15, 0.2) is 6.61 Å². The van der Waals surface area contributed by atoms with Crippen molar-refractivity contribution >= 4 is 11.8 Å². The number of ether oxygens (including phenoxy) is 1. The van der Waals surface area contributed by atoms with Crippen molar-refractivity contribution < 1.29 is 19.4 Å². The number of Topliss-reactive ketones (excluding diaryl/α,β-unsaturated/α-hetero) is 1. The highest BCUT2D eigenvalue weighted by atomic mass is 16.5. The molecule has 0 aliphatic rings. The first-order valence-electron chi connectivity index (χ1n) is 8.08. The van der Waals surface area contributed by atoms with Gasteiger partial charge in [0.2, 0.25) is 5.78 Å². The minimum Gasteiger partial charge on any atom is -0.507 e. The summed E-state index contributed by atoms with van der Waals surface area (Å²) < 4.78 is 5.10. The molecule has 2 rings (SSSR count). The van der Waals surface area contributed by atoms with Crippen LogP contribution in [-0.2, 0) is 17.6 Å². The Hall–Kier alpha value is -2.62. The quantitative estimate of drug-likeness (QED) is 0.646. The van der Waals surface area contributed by atoms with E-state index in [4.69, 9.17) is 4.74 Å². The summed E-state index contributed by atoms with van der Waals surface area (Å²) >= 11 is 0. The summed E-state index contributed by atoms with van der Waals surface area (Å²) in [5, 5.41) is 9.91. The smallest absolute Gasteiger partial charge is 0.342 e. The molecular weight excluding hydrogens is 304 g/mol. The second-order valence-electron chi connectivity index (χ2n) is 5.67. The molecule has 0 aromatic heterocycles. The van der Waals surface area contributed by atoms with Crippen LogP contribution in [-0.4, -0.2) is 23.5 Å². The lowest BCUT2D eigenvalue weighted by Crippen LogP contribution is -2.16. The zero-order chi connectivity index (χ0) is 17.7. The van der Waals surface area contributed by atoms with E-state index in [0.29, 0.717) is 11.1 Å². The zero-order valence-electron chi connectivity index (χ0n) is 14.3. The Balaban J connectivity index is 2.13. The summed E-state index contributed by atoms with van der Waals surface area (Å²) in [6.07, 6.45) is 1.57. The van der Waals surface area contributed by atoms with Crippen molar-refractivity contribution in [3.05, 3.63) is 64.2 Å². The predicted octanol–water partition coefficient (Wildman–Crippen LogP) is 3.87. The maximum atomic E-state index is 12.4. The Morgan fingerprint density at radius 2 is 1.79 bits per heavy atom. The third-order valence-corrected chi connectivity index (χ3v) is 4.06. The largest absolute Gasteiger partial charge is 0.507 e. The zero-order valence-corrected chi connectivity index (χ0v) is 14.3. The Labute approximate surface area is 142 Å². The van der Waals surface area contributed by atoms with Gasteiger partial charge in [0.1, 0.15) is 11.3 Å². The fourth-order valence-electron chi connectivity index (χ4n) is 2.52. The molecule has 0 saturated carbocycles. The number of rotatable bonds is 6. The molecular formula is C20H22O4. The van der Waals surface area contributed by atoms with Crippen molar-refractivity contribution in [1.29, 1.82) is 0 Å². The van der Waals surface area contributed by atoms with E-state index in [1.54, 1.807) is 19.1 Å². The van der Waals surface area contributed by atoms with Crippen molar-refractivity contribution in [2.75, 3.05) is 6.61 Å². The summed E-state index contributed by atoms with van der Waals surface area (Å²) in [7, 11) is 0. The van der Waals surface area contributed by atoms with Crippen LogP contribution >= 0.6 is 0 Å². The molecule has 2 aromatic rings. The maximum absolute atomic E-state index is 12.4. The number of carbonyl (C=O) groups excluding carboxylic acids is 2. The number of hydrogen-bond acceptors (Lipinski definition) is 4. The van der Waals surface area contributed by atoms with Gasteiger partial charge in [-0.1, -0.05) is 38.1 Å². The number of hydrogen-bond donors (Lipinski definition) is 1. The van der Waals surface area contributed by atoms with E-state index in [0.717, 1.165) is 24.0 Å². The molecule has 0 fully saturated rings. The number of aryl methyl sites for hydroxylation is 3. The normalized spacial score (nSPS) is 10.5. The van der Waals surface area contributed by atoms with Gasteiger partial charge in [-0.3, -0.25) is 4.79 Å². The molecule has 0 heterocycles. The molecule has 2 aromatic carbocycles. The van der Waals surface area contributed by atoms with Crippen LogP contribution in [0.3, 0.4) is 0 Å². The molecule has 4 heteroatoms. The number of ketones is 1. The SMILES string of the molecule is CCc1ccc(CC)c(C(=O)COC(=O)c2cccc(C)c2O)c1. The van der Waals surface area contributed by atoms with Crippen LogP contribution in [0, 0.1) is 6.92 Å². The summed E-state index contributed by atoms with van der Waals surface area (Å²) in [5.41, 5.74) is 3.25. The topological polar surface area (TPSA) is 63.6 Å². The summed E-state index contributed by atoms with van der Waals surface area (Å²) in [6.45, 7) is 5.36.